The van der Waals surface area contributed by atoms with Crippen molar-refractivity contribution in [3.8, 4) is 0 Å². The van der Waals surface area contributed by atoms with E-state index < -0.39 is 0 Å². The number of anilines is 1. The lowest BCUT2D eigenvalue weighted by atomic mass is 10.2. The molecular formula is C19H25N5O. The number of piperazine rings is 1. The molecule has 1 aromatic heterocycles. The predicted molar refractivity (Wildman–Crippen MR) is 98.7 cm³/mol. The van der Waals surface area contributed by atoms with Crippen LogP contribution in [0.2, 0.25) is 0 Å². The molecule has 1 amide bonds. The van der Waals surface area contributed by atoms with Crippen molar-refractivity contribution >= 4 is 11.7 Å². The fourth-order valence-electron chi connectivity index (χ4n) is 2.99. The molecule has 0 radical (unpaired) electrons. The maximum absolute atomic E-state index is 12.5. The van der Waals surface area contributed by atoms with E-state index in [1.54, 1.807) is 6.07 Å². The highest BCUT2D eigenvalue weighted by Gasteiger charge is 2.19. The molecule has 6 nitrogen and oxygen atoms in total. The zero-order chi connectivity index (χ0) is 17.6. The smallest absolute Gasteiger partial charge is 0.270 e. The minimum Gasteiger partial charge on any atom is -0.354 e. The molecule has 3 rings (SSSR count). The highest BCUT2D eigenvalue weighted by molar-refractivity contribution is 5.92. The minimum atomic E-state index is -0.164. The molecule has 1 fully saturated rings. The second-order valence-electron chi connectivity index (χ2n) is 6.25. The molecule has 6 heteroatoms. The zero-order valence-corrected chi connectivity index (χ0v) is 14.9. The number of carbonyl (C=O) groups excluding carboxylic acids is 1. The second-order valence-corrected chi connectivity index (χ2v) is 6.25. The van der Waals surface area contributed by atoms with E-state index in [0.29, 0.717) is 18.1 Å². The average Bonchev–Trinajstić information content (AvgIpc) is 2.66. The van der Waals surface area contributed by atoms with Gasteiger partial charge in [0, 0.05) is 38.8 Å². The summed E-state index contributed by atoms with van der Waals surface area (Å²) in [5, 5.41) is 2.93. The standard InChI is InChI=1S/C19H25N5O/c1-3-23-9-11-24(12-10-23)18-13-17(21-15(2)22-18)19(25)20-14-16-7-5-4-6-8-16/h4-8,13H,3,9-12,14H2,1-2H3,(H,20,25). The first-order valence-corrected chi connectivity index (χ1v) is 8.81. The summed E-state index contributed by atoms with van der Waals surface area (Å²) in [6.07, 6.45) is 0. The van der Waals surface area contributed by atoms with Gasteiger partial charge in [-0.15, -0.1) is 0 Å². The predicted octanol–water partition coefficient (Wildman–Crippen LogP) is 1.86. The van der Waals surface area contributed by atoms with Crippen LogP contribution < -0.4 is 10.2 Å². The summed E-state index contributed by atoms with van der Waals surface area (Å²) in [4.78, 5) is 26.0. The summed E-state index contributed by atoms with van der Waals surface area (Å²) in [5.74, 6) is 1.30. The van der Waals surface area contributed by atoms with Crippen molar-refractivity contribution in [2.75, 3.05) is 37.6 Å². The van der Waals surface area contributed by atoms with E-state index in [2.05, 4.69) is 32.0 Å². The van der Waals surface area contributed by atoms with Gasteiger partial charge in [-0.25, -0.2) is 9.97 Å². The molecule has 0 unspecified atom stereocenters. The van der Waals surface area contributed by atoms with Gasteiger partial charge in [-0.3, -0.25) is 4.79 Å². The van der Waals surface area contributed by atoms with E-state index in [-0.39, 0.29) is 5.91 Å². The van der Waals surface area contributed by atoms with Crippen LogP contribution in [0.15, 0.2) is 36.4 Å². The topological polar surface area (TPSA) is 61.4 Å². The lowest BCUT2D eigenvalue weighted by molar-refractivity contribution is 0.0945. The molecule has 0 saturated carbocycles. The maximum atomic E-state index is 12.5. The van der Waals surface area contributed by atoms with E-state index in [4.69, 9.17) is 0 Å². The quantitative estimate of drug-likeness (QED) is 0.901. The molecule has 1 aliphatic rings. The molecule has 0 aliphatic carbocycles. The van der Waals surface area contributed by atoms with Crippen molar-refractivity contribution in [2.24, 2.45) is 0 Å². The Morgan fingerprint density at radius 1 is 1.12 bits per heavy atom. The number of aromatic nitrogens is 2. The number of aryl methyl sites for hydroxylation is 1. The summed E-state index contributed by atoms with van der Waals surface area (Å²) in [6, 6.07) is 11.7. The summed E-state index contributed by atoms with van der Waals surface area (Å²) in [7, 11) is 0. The third-order valence-corrected chi connectivity index (χ3v) is 4.50. The number of hydrogen-bond donors (Lipinski definition) is 1. The Morgan fingerprint density at radius 3 is 2.52 bits per heavy atom. The third-order valence-electron chi connectivity index (χ3n) is 4.50. The largest absolute Gasteiger partial charge is 0.354 e. The van der Waals surface area contributed by atoms with Crippen molar-refractivity contribution in [3.05, 3.63) is 53.5 Å². The van der Waals surface area contributed by atoms with Gasteiger partial charge in [0.05, 0.1) is 0 Å². The highest BCUT2D eigenvalue weighted by atomic mass is 16.1. The van der Waals surface area contributed by atoms with Crippen LogP contribution in [-0.2, 0) is 6.54 Å². The van der Waals surface area contributed by atoms with Gasteiger partial charge in [-0.1, -0.05) is 37.3 Å². The van der Waals surface area contributed by atoms with Gasteiger partial charge in [-0.05, 0) is 19.0 Å². The first kappa shape index (κ1) is 17.4. The van der Waals surface area contributed by atoms with Crippen LogP contribution >= 0.6 is 0 Å². The van der Waals surface area contributed by atoms with Gasteiger partial charge >= 0.3 is 0 Å². The molecule has 0 spiro atoms. The van der Waals surface area contributed by atoms with Crippen LogP contribution in [0.1, 0.15) is 28.8 Å². The Kier molecular flexibility index (Phi) is 5.60. The van der Waals surface area contributed by atoms with Crippen molar-refractivity contribution in [1.82, 2.24) is 20.2 Å². The van der Waals surface area contributed by atoms with Crippen LogP contribution in [0.25, 0.3) is 0 Å². The minimum absolute atomic E-state index is 0.164. The third kappa shape index (κ3) is 4.54. The molecule has 2 aromatic rings. The van der Waals surface area contributed by atoms with Gasteiger partial charge in [0.1, 0.15) is 17.3 Å². The molecule has 2 heterocycles. The Hall–Kier alpha value is -2.47. The molecule has 0 atom stereocenters. The van der Waals surface area contributed by atoms with E-state index in [9.17, 15) is 4.79 Å². The number of nitrogens with one attached hydrogen (secondary N) is 1. The second kappa shape index (κ2) is 8.07. The lowest BCUT2D eigenvalue weighted by Gasteiger charge is -2.34. The molecular weight excluding hydrogens is 314 g/mol. The van der Waals surface area contributed by atoms with Crippen molar-refractivity contribution in [1.29, 1.82) is 0 Å². The van der Waals surface area contributed by atoms with Gasteiger partial charge in [0.15, 0.2) is 0 Å². The van der Waals surface area contributed by atoms with Crippen LogP contribution in [0.5, 0.6) is 0 Å². The molecule has 132 valence electrons. The monoisotopic (exact) mass is 339 g/mol. The Labute approximate surface area is 148 Å². The van der Waals surface area contributed by atoms with Gasteiger partial charge < -0.3 is 15.1 Å². The fourth-order valence-corrected chi connectivity index (χ4v) is 2.99. The average molecular weight is 339 g/mol. The molecule has 1 aliphatic heterocycles. The number of carbonyl (C=O) groups is 1. The van der Waals surface area contributed by atoms with Gasteiger partial charge in [0.2, 0.25) is 0 Å². The summed E-state index contributed by atoms with van der Waals surface area (Å²) in [5.41, 5.74) is 1.49. The molecule has 1 saturated heterocycles. The van der Waals surface area contributed by atoms with Crippen molar-refractivity contribution in [2.45, 2.75) is 20.4 Å². The Balaban J connectivity index is 1.67. The van der Waals surface area contributed by atoms with E-state index in [1.807, 2.05) is 37.3 Å². The maximum Gasteiger partial charge on any atom is 0.270 e. The molecule has 25 heavy (non-hydrogen) atoms. The number of nitrogens with zero attached hydrogens (tertiary/aromatic N) is 4. The lowest BCUT2D eigenvalue weighted by Crippen LogP contribution is -2.46. The molecule has 0 bridgehead atoms. The summed E-state index contributed by atoms with van der Waals surface area (Å²) >= 11 is 0. The number of amides is 1. The number of likely N-dealkylation sites (N-methyl/N-ethyl adjacent to an activating group) is 1. The van der Waals surface area contributed by atoms with Gasteiger partial charge in [-0.2, -0.15) is 0 Å². The van der Waals surface area contributed by atoms with Crippen molar-refractivity contribution in [3.63, 3.8) is 0 Å². The molecule has 1 N–H and O–H groups in total. The molecule has 1 aromatic carbocycles. The van der Waals surface area contributed by atoms with Crippen molar-refractivity contribution < 1.29 is 4.79 Å². The summed E-state index contributed by atoms with van der Waals surface area (Å²) in [6.45, 7) is 9.48. The normalized spacial score (nSPS) is 15.2. The first-order chi connectivity index (χ1) is 12.2. The zero-order valence-electron chi connectivity index (χ0n) is 14.9. The Bertz CT molecular complexity index is 711. The highest BCUT2D eigenvalue weighted by Crippen LogP contribution is 2.15. The Morgan fingerprint density at radius 2 is 1.84 bits per heavy atom. The number of hydrogen-bond acceptors (Lipinski definition) is 5. The number of rotatable bonds is 5. The van der Waals surface area contributed by atoms with E-state index in [1.165, 1.54) is 0 Å². The van der Waals surface area contributed by atoms with Crippen LogP contribution in [0, 0.1) is 6.92 Å². The first-order valence-electron chi connectivity index (χ1n) is 8.81. The van der Waals surface area contributed by atoms with Gasteiger partial charge in [0.25, 0.3) is 5.91 Å². The van der Waals surface area contributed by atoms with Crippen LogP contribution in [-0.4, -0.2) is 53.5 Å². The van der Waals surface area contributed by atoms with Crippen LogP contribution in [0.4, 0.5) is 5.82 Å². The van der Waals surface area contributed by atoms with E-state index >= 15 is 0 Å². The van der Waals surface area contributed by atoms with E-state index in [0.717, 1.165) is 44.1 Å². The SMILES string of the molecule is CCN1CCN(c2cc(C(=O)NCc3ccccc3)nc(C)n2)CC1. The van der Waals surface area contributed by atoms with Crippen LogP contribution in [0.3, 0.4) is 0 Å². The fraction of sp³-hybridized carbons (Fsp3) is 0.421. The number of benzene rings is 1. The summed E-state index contributed by atoms with van der Waals surface area (Å²) < 4.78 is 0.